The van der Waals surface area contributed by atoms with E-state index < -0.39 is 16.2 Å². The number of nitrogens with zero attached hydrogens (tertiary/aromatic N) is 3. The lowest BCUT2D eigenvalue weighted by Gasteiger charge is -1.96. The van der Waals surface area contributed by atoms with Crippen LogP contribution in [0.15, 0.2) is 44.1 Å². The van der Waals surface area contributed by atoms with Crippen LogP contribution in [0.5, 0.6) is 0 Å². The first-order valence-corrected chi connectivity index (χ1v) is 5.25. The Morgan fingerprint density at radius 3 is 2.30 bits per heavy atom. The highest BCUT2D eigenvalue weighted by Gasteiger charge is 2.06. The van der Waals surface area contributed by atoms with Gasteiger partial charge >= 0.3 is 5.69 Å². The van der Waals surface area contributed by atoms with Gasteiger partial charge in [-0.2, -0.15) is 5.11 Å². The predicted octanol–water partition coefficient (Wildman–Crippen LogP) is 0.969. The van der Waals surface area contributed by atoms with Crippen LogP contribution in [0.2, 0.25) is 0 Å². The van der Waals surface area contributed by atoms with Gasteiger partial charge in [-0.3, -0.25) is 24.9 Å². The summed E-state index contributed by atoms with van der Waals surface area (Å²) in [5.41, 5.74) is 3.86. The largest absolute Gasteiger partial charge is 0.383 e. The molecule has 1 aromatic carbocycles. The van der Waals surface area contributed by atoms with Crippen LogP contribution in [-0.4, -0.2) is 14.9 Å². The van der Waals surface area contributed by atoms with Gasteiger partial charge in [-0.05, 0) is 12.1 Å². The van der Waals surface area contributed by atoms with Crippen molar-refractivity contribution in [2.24, 2.45) is 10.2 Å². The van der Waals surface area contributed by atoms with Gasteiger partial charge in [-0.1, -0.05) is 0 Å². The van der Waals surface area contributed by atoms with Gasteiger partial charge in [0.15, 0.2) is 5.69 Å². The lowest BCUT2D eigenvalue weighted by Crippen LogP contribution is -2.23. The quantitative estimate of drug-likeness (QED) is 0.431. The summed E-state index contributed by atoms with van der Waals surface area (Å²) in [5.74, 6) is -0.218. The summed E-state index contributed by atoms with van der Waals surface area (Å²) in [4.78, 5) is 36.4. The van der Waals surface area contributed by atoms with Gasteiger partial charge in [0.2, 0.25) is 0 Å². The Balaban J connectivity index is 2.32. The highest BCUT2D eigenvalue weighted by atomic mass is 16.6. The number of nitrogens with one attached hydrogen (secondary N) is 2. The van der Waals surface area contributed by atoms with Crippen LogP contribution in [-0.2, 0) is 0 Å². The van der Waals surface area contributed by atoms with Crippen LogP contribution >= 0.6 is 0 Å². The summed E-state index contributed by atoms with van der Waals surface area (Å²) < 4.78 is 0. The Morgan fingerprint density at radius 2 is 1.75 bits per heavy atom. The normalized spacial score (nSPS) is 10.8. The fraction of sp³-hybridized carbons (Fsp3) is 0. The van der Waals surface area contributed by atoms with E-state index in [2.05, 4.69) is 15.2 Å². The zero-order chi connectivity index (χ0) is 14.7. The molecule has 0 radical (unpaired) electrons. The summed E-state index contributed by atoms with van der Waals surface area (Å²) in [6, 6.07) is 5.21. The van der Waals surface area contributed by atoms with Crippen molar-refractivity contribution < 1.29 is 4.92 Å². The van der Waals surface area contributed by atoms with Crippen molar-refractivity contribution in [2.45, 2.75) is 0 Å². The van der Waals surface area contributed by atoms with E-state index in [4.69, 9.17) is 5.73 Å². The van der Waals surface area contributed by atoms with E-state index in [0.29, 0.717) is 5.69 Å². The smallest absolute Gasteiger partial charge is 0.327 e. The van der Waals surface area contributed by atoms with Crippen molar-refractivity contribution in [3.8, 4) is 0 Å². The average Bonchev–Trinajstić information content (AvgIpc) is 2.38. The van der Waals surface area contributed by atoms with Gasteiger partial charge in [-0.25, -0.2) is 4.79 Å². The summed E-state index contributed by atoms with van der Waals surface area (Å²) >= 11 is 0. The molecule has 0 unspecified atom stereocenters. The fourth-order valence-electron chi connectivity index (χ4n) is 1.35. The monoisotopic (exact) mass is 276 g/mol. The minimum absolute atomic E-state index is 0.0923. The zero-order valence-corrected chi connectivity index (χ0v) is 9.86. The number of anilines is 1. The van der Waals surface area contributed by atoms with Crippen LogP contribution in [0.4, 0.5) is 22.9 Å². The molecule has 0 spiro atoms. The van der Waals surface area contributed by atoms with Crippen LogP contribution in [0.1, 0.15) is 0 Å². The summed E-state index contributed by atoms with van der Waals surface area (Å²) in [6.07, 6.45) is 0. The molecule has 0 amide bonds. The molecule has 0 fully saturated rings. The molecule has 0 atom stereocenters. The summed E-state index contributed by atoms with van der Waals surface area (Å²) in [6.45, 7) is 0. The topological polar surface area (TPSA) is 160 Å². The van der Waals surface area contributed by atoms with Gasteiger partial charge in [0.1, 0.15) is 5.82 Å². The Hall–Kier alpha value is -3.30. The standard InChI is InChI=1S/C10H8N6O4/c11-8-7(9(17)13-10(18)12-8)15-14-5-1-3-6(4-2-5)16(19)20/h1-4H,(H4,11,12,13,17,18). The van der Waals surface area contributed by atoms with Crippen LogP contribution < -0.4 is 17.0 Å². The molecular weight excluding hydrogens is 268 g/mol. The second-order valence-corrected chi connectivity index (χ2v) is 3.64. The third-order valence-electron chi connectivity index (χ3n) is 2.27. The molecule has 2 aromatic rings. The van der Waals surface area contributed by atoms with Gasteiger partial charge in [-0.15, -0.1) is 5.11 Å². The van der Waals surface area contributed by atoms with Crippen molar-refractivity contribution >= 4 is 22.9 Å². The number of hydrogen-bond donors (Lipinski definition) is 3. The number of nitrogen functional groups attached to an aromatic ring is 1. The molecule has 1 aromatic heterocycles. The molecule has 1 heterocycles. The fourth-order valence-corrected chi connectivity index (χ4v) is 1.35. The molecule has 10 nitrogen and oxygen atoms in total. The maximum atomic E-state index is 11.4. The predicted molar refractivity (Wildman–Crippen MR) is 69.4 cm³/mol. The van der Waals surface area contributed by atoms with Gasteiger partial charge < -0.3 is 5.73 Å². The molecule has 2 rings (SSSR count). The second kappa shape index (κ2) is 5.14. The second-order valence-electron chi connectivity index (χ2n) is 3.64. The Bertz CT molecular complexity index is 789. The molecule has 0 bridgehead atoms. The molecule has 0 aliphatic heterocycles. The average molecular weight is 276 g/mol. The van der Waals surface area contributed by atoms with Crippen molar-refractivity contribution in [1.82, 2.24) is 9.97 Å². The Labute approximate surface area is 110 Å². The molecule has 4 N–H and O–H groups in total. The summed E-state index contributed by atoms with van der Waals surface area (Å²) in [5, 5.41) is 17.8. The van der Waals surface area contributed by atoms with Crippen molar-refractivity contribution in [2.75, 3.05) is 5.73 Å². The molecule has 10 heteroatoms. The maximum absolute atomic E-state index is 11.4. The minimum atomic E-state index is -0.781. The zero-order valence-electron chi connectivity index (χ0n) is 9.86. The third kappa shape index (κ3) is 2.75. The number of non-ortho nitro benzene ring substituents is 1. The lowest BCUT2D eigenvalue weighted by atomic mass is 10.3. The highest BCUT2D eigenvalue weighted by molar-refractivity contribution is 5.54. The van der Waals surface area contributed by atoms with E-state index in [9.17, 15) is 19.7 Å². The number of aromatic amines is 2. The first-order valence-electron chi connectivity index (χ1n) is 5.25. The number of nitro groups is 1. The third-order valence-corrected chi connectivity index (χ3v) is 2.27. The lowest BCUT2D eigenvalue weighted by molar-refractivity contribution is -0.384. The first kappa shape index (κ1) is 13.1. The molecule has 0 saturated carbocycles. The van der Waals surface area contributed by atoms with Gasteiger partial charge in [0.05, 0.1) is 10.6 Å². The van der Waals surface area contributed by atoms with E-state index >= 15 is 0 Å². The number of azo groups is 1. The number of nitrogens with two attached hydrogens (primary N) is 1. The minimum Gasteiger partial charge on any atom is -0.383 e. The highest BCUT2D eigenvalue weighted by Crippen LogP contribution is 2.20. The van der Waals surface area contributed by atoms with Crippen LogP contribution in [0, 0.1) is 10.1 Å². The SMILES string of the molecule is Nc1[nH]c(=O)[nH]c(=O)c1N=Nc1ccc([N+](=O)[O-])cc1. The molecule has 20 heavy (non-hydrogen) atoms. The maximum Gasteiger partial charge on any atom is 0.327 e. The molecule has 0 saturated heterocycles. The molecular formula is C10H8N6O4. The molecule has 0 aliphatic carbocycles. The number of hydrogen-bond acceptors (Lipinski definition) is 7. The summed E-state index contributed by atoms with van der Waals surface area (Å²) in [7, 11) is 0. The number of benzene rings is 1. The Kier molecular flexibility index (Phi) is 3.37. The molecule has 0 aliphatic rings. The Morgan fingerprint density at radius 1 is 1.10 bits per heavy atom. The van der Waals surface area contributed by atoms with E-state index in [1.165, 1.54) is 24.3 Å². The number of H-pyrrole nitrogens is 2. The van der Waals surface area contributed by atoms with Gasteiger partial charge in [0.25, 0.3) is 11.2 Å². The van der Waals surface area contributed by atoms with Crippen molar-refractivity contribution in [3.63, 3.8) is 0 Å². The van der Waals surface area contributed by atoms with E-state index in [1.54, 1.807) is 0 Å². The number of nitro benzene ring substituents is 1. The van der Waals surface area contributed by atoms with E-state index in [0.717, 1.165) is 0 Å². The van der Waals surface area contributed by atoms with Crippen molar-refractivity contribution in [1.29, 1.82) is 0 Å². The van der Waals surface area contributed by atoms with Crippen LogP contribution in [0.25, 0.3) is 0 Å². The van der Waals surface area contributed by atoms with E-state index in [1.807, 2.05) is 4.98 Å². The molecule has 102 valence electrons. The number of aromatic nitrogens is 2. The van der Waals surface area contributed by atoms with Gasteiger partial charge in [0, 0.05) is 12.1 Å². The first-order chi connectivity index (χ1) is 9.47. The number of rotatable bonds is 3. The van der Waals surface area contributed by atoms with Crippen molar-refractivity contribution in [3.05, 3.63) is 55.2 Å². The van der Waals surface area contributed by atoms with Crippen LogP contribution in [0.3, 0.4) is 0 Å². The van der Waals surface area contributed by atoms with E-state index in [-0.39, 0.29) is 17.2 Å².